The molecule has 0 fully saturated rings. The summed E-state index contributed by atoms with van der Waals surface area (Å²) in [5.41, 5.74) is -1.09. The van der Waals surface area contributed by atoms with Crippen molar-refractivity contribution in [3.05, 3.63) is 33.6 Å². The van der Waals surface area contributed by atoms with Gasteiger partial charge in [0, 0.05) is 19.7 Å². The van der Waals surface area contributed by atoms with Gasteiger partial charge in [0.15, 0.2) is 0 Å². The van der Waals surface area contributed by atoms with Gasteiger partial charge >= 0.3 is 5.69 Å². The number of sulfonamides is 1. The second-order valence-electron chi connectivity index (χ2n) is 4.29. The predicted molar refractivity (Wildman–Crippen MR) is 70.9 cm³/mol. The largest absolute Gasteiger partial charge is 0.389 e. The Morgan fingerprint density at radius 2 is 2.14 bits per heavy atom. The van der Waals surface area contributed by atoms with Crippen LogP contribution in [-0.4, -0.2) is 44.8 Å². The fraction of sp³-hybridized carbons (Fsp3) is 0.455. The summed E-state index contributed by atoms with van der Waals surface area (Å²) in [6, 6.07) is 1.61. The van der Waals surface area contributed by atoms with Crippen LogP contribution in [0.1, 0.15) is 5.56 Å². The summed E-state index contributed by atoms with van der Waals surface area (Å²) in [7, 11) is -2.77. The van der Waals surface area contributed by atoms with E-state index in [1.54, 1.807) is 0 Å². The molecule has 1 rings (SSSR count). The highest BCUT2D eigenvalue weighted by Crippen LogP contribution is 2.24. The molecule has 1 aromatic carbocycles. The number of methoxy groups -OCH3 is 1. The van der Waals surface area contributed by atoms with Crippen molar-refractivity contribution in [3.8, 4) is 0 Å². The summed E-state index contributed by atoms with van der Waals surface area (Å²) in [4.78, 5) is 9.25. The minimum absolute atomic E-state index is 0.0783. The lowest BCUT2D eigenvalue weighted by molar-refractivity contribution is -0.387. The molecular formula is C11H15FN2O6S. The van der Waals surface area contributed by atoms with Gasteiger partial charge in [0.25, 0.3) is 0 Å². The zero-order valence-electron chi connectivity index (χ0n) is 11.4. The molecule has 0 aliphatic heterocycles. The Balaban J connectivity index is 3.06. The third kappa shape index (κ3) is 4.43. The van der Waals surface area contributed by atoms with Crippen LogP contribution < -0.4 is 4.72 Å². The highest BCUT2D eigenvalue weighted by atomic mass is 32.2. The molecule has 0 bridgehead atoms. The van der Waals surface area contributed by atoms with E-state index in [4.69, 9.17) is 0 Å². The molecule has 0 aliphatic carbocycles. The quantitative estimate of drug-likeness (QED) is 0.551. The molecular weight excluding hydrogens is 307 g/mol. The minimum atomic E-state index is -4.11. The maximum atomic E-state index is 13.5. The number of hydrogen-bond donors (Lipinski definition) is 2. The Morgan fingerprint density at radius 3 is 2.67 bits per heavy atom. The van der Waals surface area contributed by atoms with E-state index in [0.717, 1.165) is 6.07 Å². The summed E-state index contributed by atoms with van der Waals surface area (Å²) in [6.45, 7) is 0.812. The van der Waals surface area contributed by atoms with Crippen LogP contribution >= 0.6 is 0 Å². The van der Waals surface area contributed by atoms with Crippen molar-refractivity contribution in [2.45, 2.75) is 17.9 Å². The van der Waals surface area contributed by atoms with Gasteiger partial charge in [-0.2, -0.15) is 4.39 Å². The van der Waals surface area contributed by atoms with Gasteiger partial charge in [-0.1, -0.05) is 0 Å². The van der Waals surface area contributed by atoms with E-state index in [-0.39, 0.29) is 18.7 Å². The molecule has 0 amide bonds. The second-order valence-corrected chi connectivity index (χ2v) is 6.06. The average Bonchev–Trinajstić information content (AvgIpc) is 2.39. The Hall–Kier alpha value is -1.62. The summed E-state index contributed by atoms with van der Waals surface area (Å²) in [5.74, 6) is -1.08. The first-order valence-corrected chi connectivity index (χ1v) is 7.28. The molecule has 0 saturated carbocycles. The SMILES string of the molecule is COCC(O)CNS(=O)(=O)c1cc(C)c(F)c([N+](=O)[O-])c1. The van der Waals surface area contributed by atoms with Crippen molar-refractivity contribution in [2.24, 2.45) is 0 Å². The molecule has 8 nitrogen and oxygen atoms in total. The maximum Gasteiger partial charge on any atom is 0.306 e. The molecule has 0 heterocycles. The Bertz CT molecular complexity index is 634. The lowest BCUT2D eigenvalue weighted by Crippen LogP contribution is -2.34. The molecule has 0 spiro atoms. The Labute approximate surface area is 120 Å². The number of nitrogens with zero attached hydrogens (tertiary/aromatic N) is 1. The molecule has 118 valence electrons. The first-order chi connectivity index (χ1) is 9.69. The number of rotatable bonds is 7. The van der Waals surface area contributed by atoms with Crippen LogP contribution in [0.5, 0.6) is 0 Å². The van der Waals surface area contributed by atoms with Crippen LogP contribution in [0.3, 0.4) is 0 Å². The van der Waals surface area contributed by atoms with Crippen LogP contribution in [0.2, 0.25) is 0 Å². The van der Waals surface area contributed by atoms with E-state index in [1.807, 2.05) is 0 Å². The zero-order valence-corrected chi connectivity index (χ0v) is 12.2. The third-order valence-electron chi connectivity index (χ3n) is 2.58. The molecule has 0 aliphatic rings. The zero-order chi connectivity index (χ0) is 16.2. The predicted octanol–water partition coefficient (Wildman–Crippen LogP) is 0.328. The number of benzene rings is 1. The van der Waals surface area contributed by atoms with Gasteiger partial charge in [0.2, 0.25) is 15.8 Å². The summed E-state index contributed by atoms with van der Waals surface area (Å²) in [6.07, 6.45) is -1.07. The molecule has 0 aromatic heterocycles. The van der Waals surface area contributed by atoms with E-state index in [9.17, 15) is 28.0 Å². The number of halogens is 1. The van der Waals surface area contributed by atoms with Gasteiger partial charge in [-0.3, -0.25) is 10.1 Å². The van der Waals surface area contributed by atoms with Gasteiger partial charge in [0.1, 0.15) is 0 Å². The van der Waals surface area contributed by atoms with Gasteiger partial charge in [-0.15, -0.1) is 0 Å². The van der Waals surface area contributed by atoms with Crippen LogP contribution in [0, 0.1) is 22.9 Å². The van der Waals surface area contributed by atoms with Crippen LogP contribution in [-0.2, 0) is 14.8 Å². The molecule has 2 N–H and O–H groups in total. The van der Waals surface area contributed by atoms with Crippen molar-refractivity contribution in [3.63, 3.8) is 0 Å². The molecule has 1 unspecified atom stereocenters. The highest BCUT2D eigenvalue weighted by Gasteiger charge is 2.24. The van der Waals surface area contributed by atoms with Crippen molar-refractivity contribution >= 4 is 15.7 Å². The molecule has 1 aromatic rings. The average molecular weight is 322 g/mol. The molecule has 21 heavy (non-hydrogen) atoms. The van der Waals surface area contributed by atoms with E-state index in [0.29, 0.717) is 6.07 Å². The number of nitrogens with one attached hydrogen (secondary N) is 1. The number of ether oxygens (including phenoxy) is 1. The van der Waals surface area contributed by atoms with Crippen LogP contribution in [0.15, 0.2) is 17.0 Å². The molecule has 10 heteroatoms. The smallest absolute Gasteiger partial charge is 0.306 e. The van der Waals surface area contributed by atoms with Crippen LogP contribution in [0.25, 0.3) is 0 Å². The Morgan fingerprint density at radius 1 is 1.52 bits per heavy atom. The van der Waals surface area contributed by atoms with Gasteiger partial charge in [0.05, 0.1) is 22.5 Å². The number of nitro benzene ring substituents is 1. The molecule has 0 saturated heterocycles. The first-order valence-electron chi connectivity index (χ1n) is 5.80. The van der Waals surface area contributed by atoms with E-state index >= 15 is 0 Å². The second kappa shape index (κ2) is 6.89. The van der Waals surface area contributed by atoms with Crippen molar-refractivity contribution in [1.82, 2.24) is 4.72 Å². The normalized spacial score (nSPS) is 13.1. The number of aliphatic hydroxyl groups is 1. The summed E-state index contributed by atoms with van der Waals surface area (Å²) < 4.78 is 44.2. The number of hydrogen-bond acceptors (Lipinski definition) is 6. The van der Waals surface area contributed by atoms with Crippen molar-refractivity contribution in [1.29, 1.82) is 0 Å². The van der Waals surface area contributed by atoms with Gasteiger partial charge in [-0.25, -0.2) is 13.1 Å². The van der Waals surface area contributed by atoms with Crippen LogP contribution in [0.4, 0.5) is 10.1 Å². The highest BCUT2D eigenvalue weighted by molar-refractivity contribution is 7.89. The lowest BCUT2D eigenvalue weighted by Gasteiger charge is -2.12. The number of nitro groups is 1. The third-order valence-corrected chi connectivity index (χ3v) is 3.99. The fourth-order valence-electron chi connectivity index (χ4n) is 1.55. The molecule has 1 atom stereocenters. The minimum Gasteiger partial charge on any atom is -0.389 e. The first kappa shape index (κ1) is 17.4. The van der Waals surface area contributed by atoms with Gasteiger partial charge < -0.3 is 9.84 Å². The fourth-order valence-corrected chi connectivity index (χ4v) is 2.72. The molecule has 0 radical (unpaired) electrons. The monoisotopic (exact) mass is 322 g/mol. The number of aliphatic hydroxyl groups excluding tert-OH is 1. The van der Waals surface area contributed by atoms with E-state index < -0.39 is 37.5 Å². The summed E-state index contributed by atoms with van der Waals surface area (Å²) >= 11 is 0. The van der Waals surface area contributed by atoms with Crippen molar-refractivity contribution < 1.29 is 27.6 Å². The topological polar surface area (TPSA) is 119 Å². The maximum absolute atomic E-state index is 13.5. The summed E-state index contributed by atoms with van der Waals surface area (Å²) in [5, 5.41) is 20.1. The standard InChI is InChI=1S/C11H15FN2O6S/c1-7-3-9(4-10(11(7)12)14(16)17)21(18,19)13-5-8(15)6-20-2/h3-4,8,13,15H,5-6H2,1-2H3. The Kier molecular flexibility index (Phi) is 5.72. The van der Waals surface area contributed by atoms with E-state index in [2.05, 4.69) is 9.46 Å². The number of aryl methyl sites for hydroxylation is 1. The van der Waals surface area contributed by atoms with E-state index in [1.165, 1.54) is 14.0 Å². The van der Waals surface area contributed by atoms with Gasteiger partial charge in [-0.05, 0) is 18.6 Å². The van der Waals surface area contributed by atoms with Crippen molar-refractivity contribution in [2.75, 3.05) is 20.3 Å². The lowest BCUT2D eigenvalue weighted by atomic mass is 10.2.